The molecule has 2 N–H and O–H groups in total. The molecule has 2 saturated heterocycles. The predicted octanol–water partition coefficient (Wildman–Crippen LogP) is -0.113. The monoisotopic (exact) mass is 279 g/mol. The average molecular weight is 279 g/mol. The van der Waals surface area contributed by atoms with Crippen molar-refractivity contribution < 1.29 is 14.7 Å². The molecule has 2 atom stereocenters. The van der Waals surface area contributed by atoms with Gasteiger partial charge in [0.1, 0.15) is 6.04 Å². The fraction of sp³-hybridized carbons (Fsp3) is 0.889. The molecule has 2 aliphatic rings. The number of thioether (sulfide) groups is 2. The highest BCUT2D eigenvalue weighted by atomic mass is 32.2. The number of hydrogen-bond acceptors (Lipinski definition) is 7. The summed E-state index contributed by atoms with van der Waals surface area (Å²) >= 11 is 3.36. The predicted molar refractivity (Wildman–Crippen MR) is 68.6 cm³/mol. The summed E-state index contributed by atoms with van der Waals surface area (Å²) in [5.74, 6) is 0.790. The molecule has 2 aliphatic heterocycles. The van der Waals surface area contributed by atoms with Crippen LogP contribution in [0.4, 0.5) is 0 Å². The minimum Gasteiger partial charge on any atom is -0.480 e. The molecule has 2 unspecified atom stereocenters. The van der Waals surface area contributed by atoms with Crippen LogP contribution in [0.25, 0.3) is 0 Å². The number of rotatable bonds is 6. The van der Waals surface area contributed by atoms with Crippen LogP contribution >= 0.6 is 23.5 Å². The van der Waals surface area contributed by atoms with Gasteiger partial charge in [0.05, 0.1) is 13.8 Å². The summed E-state index contributed by atoms with van der Waals surface area (Å²) < 4.78 is -0.339. The van der Waals surface area contributed by atoms with E-state index in [4.69, 9.17) is 9.94 Å². The van der Waals surface area contributed by atoms with E-state index >= 15 is 0 Å². The van der Waals surface area contributed by atoms with Gasteiger partial charge in [-0.05, 0) is 7.05 Å². The van der Waals surface area contributed by atoms with Gasteiger partial charge in [-0.1, -0.05) is 0 Å². The number of aliphatic carboxylic acids is 1. The molecule has 0 saturated carbocycles. The van der Waals surface area contributed by atoms with E-state index in [1.54, 1.807) is 30.6 Å². The van der Waals surface area contributed by atoms with Gasteiger partial charge < -0.3 is 10.4 Å². The maximum Gasteiger partial charge on any atom is 0.321 e. The minimum atomic E-state index is -0.746. The fourth-order valence-electron chi connectivity index (χ4n) is 1.97. The first-order valence-corrected chi connectivity index (χ1v) is 7.36. The van der Waals surface area contributed by atoms with Gasteiger partial charge in [0.2, 0.25) is 0 Å². The summed E-state index contributed by atoms with van der Waals surface area (Å²) in [6.07, 6.45) is 0. The Bertz CT molecular complexity index is 307. The molecule has 0 spiro atoms. The largest absolute Gasteiger partial charge is 0.480 e. The molecule has 0 aromatic heterocycles. The molecule has 0 radical (unpaired) electrons. The molecule has 8 heteroatoms. The standard InChI is InChI=1S/C9H17N3O3S2/c1-10-3-4-16-9-11(6-12(9)15-2)7(5-17-9)8(13)14/h7,10H,3-6H2,1-2H3,(H,13,14). The number of nitrogens with zero attached hydrogens (tertiary/aromatic N) is 2. The van der Waals surface area contributed by atoms with Gasteiger partial charge in [0.15, 0.2) is 4.33 Å². The minimum absolute atomic E-state index is 0.339. The lowest BCUT2D eigenvalue weighted by atomic mass is 10.3. The third-order valence-electron chi connectivity index (χ3n) is 2.91. The smallest absolute Gasteiger partial charge is 0.321 e. The SMILES string of the molecule is CNCCSC12SCC(C(=O)O)N1CN2OC. The Balaban J connectivity index is 2.02. The van der Waals surface area contributed by atoms with Crippen molar-refractivity contribution in [1.29, 1.82) is 0 Å². The van der Waals surface area contributed by atoms with E-state index in [-0.39, 0.29) is 4.33 Å². The molecule has 98 valence electrons. The van der Waals surface area contributed by atoms with Crippen LogP contribution in [-0.4, -0.2) is 70.3 Å². The highest BCUT2D eigenvalue weighted by molar-refractivity contribution is 8.18. The van der Waals surface area contributed by atoms with Gasteiger partial charge >= 0.3 is 5.97 Å². The first kappa shape index (κ1) is 13.4. The quantitative estimate of drug-likeness (QED) is 0.653. The van der Waals surface area contributed by atoms with Crippen molar-refractivity contribution in [2.45, 2.75) is 10.4 Å². The number of hydrogen-bond donors (Lipinski definition) is 2. The van der Waals surface area contributed by atoms with Gasteiger partial charge in [-0.25, -0.2) is 4.90 Å². The summed E-state index contributed by atoms with van der Waals surface area (Å²) in [6, 6.07) is -0.395. The summed E-state index contributed by atoms with van der Waals surface area (Å²) in [5.41, 5.74) is 0. The van der Waals surface area contributed by atoms with Crippen LogP contribution in [-0.2, 0) is 9.63 Å². The Hall–Kier alpha value is 0.01000. The number of carboxylic acids is 1. The van der Waals surface area contributed by atoms with E-state index in [9.17, 15) is 4.79 Å². The Morgan fingerprint density at radius 3 is 3.12 bits per heavy atom. The van der Waals surface area contributed by atoms with Crippen molar-refractivity contribution in [3.8, 4) is 0 Å². The van der Waals surface area contributed by atoms with Crippen molar-refractivity contribution in [1.82, 2.24) is 15.3 Å². The highest BCUT2D eigenvalue weighted by Crippen LogP contribution is 2.55. The summed E-state index contributed by atoms with van der Waals surface area (Å²) in [4.78, 5) is 18.4. The molecular weight excluding hydrogens is 262 g/mol. The van der Waals surface area contributed by atoms with Crippen LogP contribution in [0.15, 0.2) is 0 Å². The lowest BCUT2D eigenvalue weighted by Crippen LogP contribution is -2.70. The van der Waals surface area contributed by atoms with Gasteiger partial charge in [0, 0.05) is 18.1 Å². The molecule has 17 heavy (non-hydrogen) atoms. The van der Waals surface area contributed by atoms with E-state index in [2.05, 4.69) is 5.32 Å². The van der Waals surface area contributed by atoms with Crippen molar-refractivity contribution >= 4 is 29.5 Å². The first-order chi connectivity index (χ1) is 8.15. The van der Waals surface area contributed by atoms with Gasteiger partial charge in [-0.2, -0.15) is 0 Å². The van der Waals surface area contributed by atoms with E-state index in [0.717, 1.165) is 12.3 Å². The number of fused-ring (bicyclic) bond motifs is 1. The van der Waals surface area contributed by atoms with Crippen molar-refractivity contribution in [3.63, 3.8) is 0 Å². The number of carboxylic acid groups (broad SMARTS) is 1. The third-order valence-corrected chi connectivity index (χ3v) is 6.14. The van der Waals surface area contributed by atoms with E-state index in [1.165, 1.54) is 0 Å². The summed E-state index contributed by atoms with van der Waals surface area (Å²) in [5, 5.41) is 14.1. The van der Waals surface area contributed by atoms with Crippen LogP contribution in [0, 0.1) is 0 Å². The topological polar surface area (TPSA) is 65.0 Å². The molecule has 0 aromatic carbocycles. The normalized spacial score (nSPS) is 33.4. The Morgan fingerprint density at radius 1 is 1.76 bits per heavy atom. The molecule has 0 amide bonds. The summed E-state index contributed by atoms with van der Waals surface area (Å²) in [6.45, 7) is 1.46. The number of hydroxylamine groups is 2. The van der Waals surface area contributed by atoms with Crippen LogP contribution in [0.5, 0.6) is 0 Å². The van der Waals surface area contributed by atoms with Crippen molar-refractivity contribution in [2.24, 2.45) is 0 Å². The zero-order valence-electron chi connectivity index (χ0n) is 9.88. The van der Waals surface area contributed by atoms with Crippen molar-refractivity contribution in [2.75, 3.05) is 38.9 Å². The molecule has 2 heterocycles. The van der Waals surface area contributed by atoms with E-state index in [1.807, 2.05) is 17.0 Å². The highest BCUT2D eigenvalue weighted by Gasteiger charge is 2.62. The second kappa shape index (κ2) is 5.33. The second-order valence-corrected chi connectivity index (χ2v) is 6.55. The second-order valence-electron chi connectivity index (χ2n) is 3.84. The van der Waals surface area contributed by atoms with Crippen LogP contribution < -0.4 is 5.32 Å². The molecule has 0 aliphatic carbocycles. The maximum atomic E-state index is 11.1. The molecule has 0 bridgehead atoms. The zero-order chi connectivity index (χ0) is 12.5. The zero-order valence-corrected chi connectivity index (χ0v) is 11.5. The molecule has 0 aromatic rings. The Morgan fingerprint density at radius 2 is 2.53 bits per heavy atom. The third kappa shape index (κ3) is 2.18. The molecule has 2 fully saturated rings. The lowest BCUT2D eigenvalue weighted by Gasteiger charge is -2.54. The van der Waals surface area contributed by atoms with Crippen LogP contribution in [0.3, 0.4) is 0 Å². The molecular formula is C9H17N3O3S2. The van der Waals surface area contributed by atoms with E-state index < -0.39 is 12.0 Å². The lowest BCUT2D eigenvalue weighted by molar-refractivity contribution is -0.283. The summed E-state index contributed by atoms with van der Waals surface area (Å²) in [7, 11) is 3.54. The average Bonchev–Trinajstić information content (AvgIpc) is 2.56. The maximum absolute atomic E-state index is 11.1. The number of carbonyl (C=O) groups is 1. The first-order valence-electron chi connectivity index (χ1n) is 5.39. The Labute approximate surface area is 109 Å². The van der Waals surface area contributed by atoms with Crippen LogP contribution in [0.1, 0.15) is 0 Å². The van der Waals surface area contributed by atoms with Gasteiger partial charge in [-0.15, -0.1) is 28.6 Å². The van der Waals surface area contributed by atoms with Gasteiger partial charge in [-0.3, -0.25) is 9.63 Å². The fourth-order valence-corrected chi connectivity index (χ4v) is 5.28. The van der Waals surface area contributed by atoms with Gasteiger partial charge in [0.25, 0.3) is 0 Å². The number of nitrogens with one attached hydrogen (secondary N) is 1. The molecule has 2 rings (SSSR count). The Kier molecular flexibility index (Phi) is 4.22. The van der Waals surface area contributed by atoms with E-state index in [0.29, 0.717) is 12.4 Å². The molecule has 6 nitrogen and oxygen atoms in total. The van der Waals surface area contributed by atoms with Crippen LogP contribution in [0.2, 0.25) is 0 Å². The van der Waals surface area contributed by atoms with Crippen molar-refractivity contribution in [3.05, 3.63) is 0 Å².